The fraction of sp³-hybridized carbons (Fsp3) is 0.923. The smallest absolute Gasteiger partial charge is 0.337 e. The molecule has 0 N–H and O–H groups in total. The van der Waals surface area contributed by atoms with E-state index in [0.717, 1.165) is 44.7 Å². The van der Waals surface area contributed by atoms with Crippen LogP contribution in [0.5, 0.6) is 0 Å². The molecule has 0 fully saturated rings. The molecule has 0 aliphatic rings. The minimum absolute atomic E-state index is 0.761. The van der Waals surface area contributed by atoms with Crippen LogP contribution in [0.4, 0.5) is 0 Å². The van der Waals surface area contributed by atoms with E-state index in [0.29, 0.717) is 0 Å². The largest absolute Gasteiger partial charge is 0.394 e. The molecule has 17 heavy (non-hydrogen) atoms. The number of hydrogen-bond acceptors (Lipinski definition) is 3. The summed E-state index contributed by atoms with van der Waals surface area (Å²) in [4.78, 5) is 4.53. The Hall–Kier alpha value is -0.193. The van der Waals surface area contributed by atoms with Crippen molar-refractivity contribution in [2.24, 2.45) is 4.99 Å². The Morgan fingerprint density at radius 3 is 2.06 bits per heavy atom. The van der Waals surface area contributed by atoms with E-state index >= 15 is 0 Å². The van der Waals surface area contributed by atoms with E-state index in [-0.39, 0.29) is 0 Å². The van der Waals surface area contributed by atoms with Crippen molar-refractivity contribution in [1.29, 1.82) is 0 Å². The second kappa shape index (κ2) is 9.80. The van der Waals surface area contributed by atoms with Crippen LogP contribution in [-0.4, -0.2) is 34.0 Å². The topological polar surface area (TPSA) is 30.8 Å². The van der Waals surface area contributed by atoms with Crippen molar-refractivity contribution in [3.05, 3.63) is 0 Å². The summed E-state index contributed by atoms with van der Waals surface area (Å²) in [5.74, 6) is 0. The normalized spacial score (nSPS) is 13.1. The van der Waals surface area contributed by atoms with Gasteiger partial charge in [-0.2, -0.15) is 0 Å². The second-order valence-electron chi connectivity index (χ2n) is 4.20. The summed E-state index contributed by atoms with van der Waals surface area (Å²) < 4.78 is 11.8. The van der Waals surface area contributed by atoms with Gasteiger partial charge in [0.1, 0.15) is 0 Å². The van der Waals surface area contributed by atoms with Gasteiger partial charge >= 0.3 is 8.56 Å². The Bertz CT molecular complexity index is 213. The molecule has 0 saturated heterocycles. The lowest BCUT2D eigenvalue weighted by molar-refractivity contribution is 0.183. The molecule has 3 nitrogen and oxygen atoms in total. The molecular formula is C13H29NO2Si. The summed E-state index contributed by atoms with van der Waals surface area (Å²) >= 11 is 0. The van der Waals surface area contributed by atoms with Crippen LogP contribution in [0, 0.1) is 0 Å². The highest BCUT2D eigenvalue weighted by molar-refractivity contribution is 6.67. The molecule has 0 spiro atoms. The molecule has 0 aliphatic heterocycles. The Balaban J connectivity index is 4.15. The summed E-state index contributed by atoms with van der Waals surface area (Å²) in [7, 11) is -1.92. The average molecular weight is 259 g/mol. The number of hydrogen-bond donors (Lipinski definition) is 0. The van der Waals surface area contributed by atoms with Crippen LogP contribution in [0.25, 0.3) is 0 Å². The highest BCUT2D eigenvalue weighted by Crippen LogP contribution is 2.20. The van der Waals surface area contributed by atoms with Crippen molar-refractivity contribution in [1.82, 2.24) is 0 Å². The molecule has 0 saturated carbocycles. The van der Waals surface area contributed by atoms with Gasteiger partial charge in [-0.15, -0.1) is 0 Å². The first kappa shape index (κ1) is 16.8. The van der Waals surface area contributed by atoms with Gasteiger partial charge in [0.2, 0.25) is 0 Å². The van der Waals surface area contributed by atoms with Gasteiger partial charge in [0.15, 0.2) is 0 Å². The van der Waals surface area contributed by atoms with Crippen molar-refractivity contribution in [3.8, 4) is 0 Å². The molecule has 0 radical (unpaired) electrons. The number of nitrogens with zero attached hydrogens (tertiary/aromatic N) is 1. The lowest BCUT2D eigenvalue weighted by atomic mass is 10.3. The van der Waals surface area contributed by atoms with E-state index < -0.39 is 8.56 Å². The van der Waals surface area contributed by atoms with Crippen molar-refractivity contribution in [2.75, 3.05) is 19.8 Å². The Kier molecular flexibility index (Phi) is 9.69. The first-order valence-electron chi connectivity index (χ1n) is 6.91. The van der Waals surface area contributed by atoms with Crippen LogP contribution in [-0.2, 0) is 8.85 Å². The molecule has 0 bridgehead atoms. The lowest BCUT2D eigenvalue weighted by Crippen LogP contribution is -2.41. The SMILES string of the molecule is CCO[Si](CC)(CCC/N=C(/C)CC)OCC. The third kappa shape index (κ3) is 6.96. The zero-order valence-corrected chi connectivity index (χ0v) is 13.2. The van der Waals surface area contributed by atoms with Crippen LogP contribution < -0.4 is 0 Å². The minimum atomic E-state index is -1.92. The van der Waals surface area contributed by atoms with Gasteiger partial charge in [-0.05, 0) is 45.7 Å². The Morgan fingerprint density at radius 2 is 1.65 bits per heavy atom. The summed E-state index contributed by atoms with van der Waals surface area (Å²) in [5.41, 5.74) is 1.24. The maximum Gasteiger partial charge on any atom is 0.337 e. The van der Waals surface area contributed by atoms with Crippen LogP contribution in [0.3, 0.4) is 0 Å². The molecule has 0 heterocycles. The molecule has 0 aromatic rings. The fourth-order valence-corrected chi connectivity index (χ4v) is 4.71. The average Bonchev–Trinajstić information content (AvgIpc) is 2.34. The maximum atomic E-state index is 5.92. The zero-order valence-electron chi connectivity index (χ0n) is 12.2. The molecule has 0 aromatic heterocycles. The third-order valence-electron chi connectivity index (χ3n) is 2.96. The monoisotopic (exact) mass is 259 g/mol. The predicted molar refractivity (Wildman–Crippen MR) is 77.2 cm³/mol. The molecule has 4 heteroatoms. The minimum Gasteiger partial charge on any atom is -0.394 e. The maximum absolute atomic E-state index is 5.92. The van der Waals surface area contributed by atoms with Crippen molar-refractivity contribution >= 4 is 14.3 Å². The molecule has 102 valence electrons. The van der Waals surface area contributed by atoms with Crippen molar-refractivity contribution in [2.45, 2.75) is 59.5 Å². The number of rotatable bonds is 10. The summed E-state index contributed by atoms with van der Waals surface area (Å²) in [6.45, 7) is 13.0. The van der Waals surface area contributed by atoms with Gasteiger partial charge in [0, 0.05) is 25.5 Å². The Morgan fingerprint density at radius 1 is 1.06 bits per heavy atom. The van der Waals surface area contributed by atoms with Crippen LogP contribution in [0.15, 0.2) is 4.99 Å². The Labute approximate surface area is 108 Å². The second-order valence-corrected chi connectivity index (χ2v) is 7.81. The quantitative estimate of drug-likeness (QED) is 0.339. The van der Waals surface area contributed by atoms with Gasteiger partial charge < -0.3 is 8.85 Å². The molecule has 0 aliphatic carbocycles. The summed E-state index contributed by atoms with van der Waals surface area (Å²) in [6.07, 6.45) is 2.13. The van der Waals surface area contributed by atoms with Gasteiger partial charge in [-0.3, -0.25) is 4.99 Å². The lowest BCUT2D eigenvalue weighted by Gasteiger charge is -2.28. The third-order valence-corrected chi connectivity index (χ3v) is 6.78. The highest BCUT2D eigenvalue weighted by atomic mass is 28.4. The standard InChI is InChI=1S/C13H29NO2Si/c1-6-13(5)14-11-10-12-17(9-4,15-7-2)16-8-3/h6-12H2,1-5H3/b14-13-. The van der Waals surface area contributed by atoms with Gasteiger partial charge in [0.25, 0.3) is 0 Å². The van der Waals surface area contributed by atoms with Crippen LogP contribution >= 0.6 is 0 Å². The van der Waals surface area contributed by atoms with Gasteiger partial charge in [-0.1, -0.05) is 13.8 Å². The molecule has 0 unspecified atom stereocenters. The molecule has 0 aromatic carbocycles. The molecule has 0 atom stereocenters. The summed E-state index contributed by atoms with van der Waals surface area (Å²) in [5, 5.41) is 0. The number of aliphatic imine (C=N–C) groups is 1. The van der Waals surface area contributed by atoms with E-state index in [2.05, 4.69) is 39.6 Å². The van der Waals surface area contributed by atoms with Crippen molar-refractivity contribution in [3.63, 3.8) is 0 Å². The first-order valence-corrected chi connectivity index (χ1v) is 9.15. The van der Waals surface area contributed by atoms with Gasteiger partial charge in [-0.25, -0.2) is 0 Å². The summed E-state index contributed by atoms with van der Waals surface area (Å²) in [6, 6.07) is 2.09. The van der Waals surface area contributed by atoms with Crippen molar-refractivity contribution < 1.29 is 8.85 Å². The van der Waals surface area contributed by atoms with Crippen LogP contribution in [0.2, 0.25) is 12.1 Å². The van der Waals surface area contributed by atoms with Gasteiger partial charge in [0.05, 0.1) is 0 Å². The molecular weight excluding hydrogens is 230 g/mol. The van der Waals surface area contributed by atoms with Crippen LogP contribution in [0.1, 0.15) is 47.5 Å². The predicted octanol–water partition coefficient (Wildman–Crippen LogP) is 3.78. The van der Waals surface area contributed by atoms with E-state index in [1.165, 1.54) is 5.71 Å². The van der Waals surface area contributed by atoms with E-state index in [1.807, 2.05) is 0 Å². The zero-order chi connectivity index (χ0) is 13.1. The van der Waals surface area contributed by atoms with E-state index in [4.69, 9.17) is 8.85 Å². The molecule has 0 amide bonds. The highest BCUT2D eigenvalue weighted by Gasteiger charge is 2.34. The first-order chi connectivity index (χ1) is 8.14. The van der Waals surface area contributed by atoms with E-state index in [9.17, 15) is 0 Å². The fourth-order valence-electron chi connectivity index (χ4n) is 1.82. The molecule has 0 rings (SSSR count). The van der Waals surface area contributed by atoms with E-state index in [1.54, 1.807) is 0 Å².